The molecule has 0 aliphatic heterocycles. The molecule has 0 radical (unpaired) electrons. The van der Waals surface area contributed by atoms with E-state index in [1.807, 2.05) is 13.8 Å². The lowest BCUT2D eigenvalue weighted by Crippen LogP contribution is -2.24. The van der Waals surface area contributed by atoms with Crippen molar-refractivity contribution in [3.05, 3.63) is 46.4 Å². The smallest absolute Gasteiger partial charge is 0.268 e. The Bertz CT molecular complexity index is 967. The van der Waals surface area contributed by atoms with E-state index in [9.17, 15) is 14.7 Å². The number of nitrogens with zero attached hydrogens (tertiary/aromatic N) is 3. The fourth-order valence-electron chi connectivity index (χ4n) is 2.18. The molecular weight excluding hydrogens is 356 g/mol. The van der Waals surface area contributed by atoms with E-state index in [-0.39, 0.29) is 10.4 Å². The van der Waals surface area contributed by atoms with E-state index < -0.39 is 22.9 Å². The van der Waals surface area contributed by atoms with Gasteiger partial charge in [0.15, 0.2) is 10.7 Å². The van der Waals surface area contributed by atoms with Crippen molar-refractivity contribution in [1.82, 2.24) is 25.4 Å². The highest BCUT2D eigenvalue weighted by atomic mass is 32.2. The van der Waals surface area contributed by atoms with Gasteiger partial charge in [-0.05, 0) is 12.1 Å². The third-order valence-corrected chi connectivity index (χ3v) is 4.19. The van der Waals surface area contributed by atoms with Crippen LogP contribution in [-0.2, 0) is 0 Å². The molecule has 0 saturated carbocycles. The molecule has 0 aliphatic rings. The molecule has 9 nitrogen and oxygen atoms in total. The molecule has 2 heterocycles. The SMILES string of the molecule is CC(C)Sc1nc(O)c(C(=O)Nc2ccc(-c3cn[nH]n3)cc2)c(=O)[nH]1. The lowest BCUT2D eigenvalue weighted by Gasteiger charge is -2.08. The van der Waals surface area contributed by atoms with Gasteiger partial charge in [0.2, 0.25) is 5.88 Å². The summed E-state index contributed by atoms with van der Waals surface area (Å²) in [5.41, 5.74) is 0.811. The molecule has 0 spiro atoms. The van der Waals surface area contributed by atoms with Crippen LogP contribution in [0.25, 0.3) is 11.3 Å². The van der Waals surface area contributed by atoms with Crippen LogP contribution in [0.2, 0.25) is 0 Å². The number of aromatic hydroxyl groups is 1. The van der Waals surface area contributed by atoms with Crippen LogP contribution in [0.1, 0.15) is 24.2 Å². The maximum absolute atomic E-state index is 12.3. The average Bonchev–Trinajstić information content (AvgIpc) is 3.08. The molecule has 4 N–H and O–H groups in total. The fraction of sp³-hybridized carbons (Fsp3) is 0.188. The van der Waals surface area contributed by atoms with Crippen LogP contribution in [0.5, 0.6) is 5.88 Å². The molecule has 1 amide bonds. The average molecular weight is 372 g/mol. The number of hydrogen-bond donors (Lipinski definition) is 4. The number of carbonyl (C=O) groups excluding carboxylic acids is 1. The molecule has 0 aliphatic carbocycles. The summed E-state index contributed by atoms with van der Waals surface area (Å²) in [5.74, 6) is -1.35. The first-order chi connectivity index (χ1) is 12.4. The normalized spacial score (nSPS) is 10.9. The van der Waals surface area contributed by atoms with Gasteiger partial charge in [0.1, 0.15) is 5.69 Å². The first kappa shape index (κ1) is 17.7. The van der Waals surface area contributed by atoms with Gasteiger partial charge in [-0.25, -0.2) is 0 Å². The topological polar surface area (TPSA) is 137 Å². The van der Waals surface area contributed by atoms with Gasteiger partial charge in [0, 0.05) is 16.5 Å². The van der Waals surface area contributed by atoms with Crippen molar-refractivity contribution < 1.29 is 9.90 Å². The van der Waals surface area contributed by atoms with E-state index in [0.29, 0.717) is 11.4 Å². The van der Waals surface area contributed by atoms with E-state index in [1.165, 1.54) is 11.8 Å². The van der Waals surface area contributed by atoms with Gasteiger partial charge in [-0.3, -0.25) is 9.59 Å². The Hall–Kier alpha value is -3.14. The molecule has 0 unspecified atom stereocenters. The maximum atomic E-state index is 12.3. The maximum Gasteiger partial charge on any atom is 0.268 e. The van der Waals surface area contributed by atoms with Crippen LogP contribution in [0.15, 0.2) is 40.4 Å². The quantitative estimate of drug-likeness (QED) is 0.397. The summed E-state index contributed by atoms with van der Waals surface area (Å²) in [6.07, 6.45) is 1.58. The number of anilines is 1. The predicted molar refractivity (Wildman–Crippen MR) is 97.3 cm³/mol. The third-order valence-electron chi connectivity index (χ3n) is 3.31. The summed E-state index contributed by atoms with van der Waals surface area (Å²) in [6.45, 7) is 3.84. The zero-order valence-electron chi connectivity index (χ0n) is 14.0. The number of aromatic nitrogens is 5. The summed E-state index contributed by atoms with van der Waals surface area (Å²) < 4.78 is 0. The number of rotatable bonds is 5. The summed E-state index contributed by atoms with van der Waals surface area (Å²) in [4.78, 5) is 30.8. The number of nitrogens with one attached hydrogen (secondary N) is 3. The Morgan fingerprint density at radius 2 is 2.00 bits per heavy atom. The monoisotopic (exact) mass is 372 g/mol. The fourth-order valence-corrected chi connectivity index (χ4v) is 2.92. The van der Waals surface area contributed by atoms with Gasteiger partial charge in [-0.15, -0.1) is 0 Å². The van der Waals surface area contributed by atoms with Crippen LogP contribution < -0.4 is 10.9 Å². The highest BCUT2D eigenvalue weighted by molar-refractivity contribution is 7.99. The summed E-state index contributed by atoms with van der Waals surface area (Å²) in [7, 11) is 0. The van der Waals surface area contributed by atoms with Crippen LogP contribution in [-0.4, -0.2) is 41.6 Å². The van der Waals surface area contributed by atoms with E-state index >= 15 is 0 Å². The second-order valence-corrected chi connectivity index (χ2v) is 7.19. The second-order valence-electron chi connectivity index (χ2n) is 5.62. The Labute approximate surface area is 152 Å². The van der Waals surface area contributed by atoms with E-state index in [2.05, 4.69) is 30.7 Å². The van der Waals surface area contributed by atoms with Crippen LogP contribution in [0.3, 0.4) is 0 Å². The Kier molecular flexibility index (Phi) is 5.03. The standard InChI is InChI=1S/C16H16N6O3S/c1-8(2)26-16-19-14(24)12(15(25)20-16)13(23)18-10-5-3-9(4-6-10)11-7-17-22-21-11/h3-8H,1-2H3,(H,18,23)(H,17,21,22)(H2,19,20,24,25). The first-order valence-corrected chi connectivity index (χ1v) is 8.59. The third kappa shape index (κ3) is 3.91. The largest absolute Gasteiger partial charge is 0.493 e. The zero-order valence-corrected chi connectivity index (χ0v) is 14.8. The lowest BCUT2D eigenvalue weighted by atomic mass is 10.1. The molecule has 3 aromatic rings. The minimum absolute atomic E-state index is 0.167. The minimum atomic E-state index is -0.744. The van der Waals surface area contributed by atoms with E-state index in [4.69, 9.17) is 0 Å². The molecule has 0 atom stereocenters. The van der Waals surface area contributed by atoms with Crippen LogP contribution >= 0.6 is 11.8 Å². The highest BCUT2D eigenvalue weighted by Gasteiger charge is 2.19. The van der Waals surface area contributed by atoms with Gasteiger partial charge < -0.3 is 15.4 Å². The van der Waals surface area contributed by atoms with Gasteiger partial charge >= 0.3 is 0 Å². The lowest BCUT2D eigenvalue weighted by molar-refractivity contribution is 0.102. The van der Waals surface area contributed by atoms with Gasteiger partial charge in [0.05, 0.1) is 6.20 Å². The van der Waals surface area contributed by atoms with E-state index in [0.717, 1.165) is 5.56 Å². The summed E-state index contributed by atoms with van der Waals surface area (Å²) >= 11 is 1.28. The molecule has 10 heteroatoms. The van der Waals surface area contributed by atoms with Crippen LogP contribution in [0, 0.1) is 0 Å². The Morgan fingerprint density at radius 1 is 1.27 bits per heavy atom. The van der Waals surface area contributed by atoms with E-state index in [1.54, 1.807) is 30.5 Å². The molecule has 3 rings (SSSR count). The molecule has 134 valence electrons. The number of benzene rings is 1. The van der Waals surface area contributed by atoms with Crippen molar-refractivity contribution >= 4 is 23.4 Å². The molecule has 1 aromatic carbocycles. The number of carbonyl (C=O) groups is 1. The van der Waals surface area contributed by atoms with Gasteiger partial charge in [0.25, 0.3) is 11.5 Å². The molecule has 26 heavy (non-hydrogen) atoms. The summed E-state index contributed by atoms with van der Waals surface area (Å²) in [5, 5.41) is 23.2. The molecule has 2 aromatic heterocycles. The highest BCUT2D eigenvalue weighted by Crippen LogP contribution is 2.22. The van der Waals surface area contributed by atoms with Gasteiger partial charge in [-0.1, -0.05) is 37.7 Å². The summed E-state index contributed by atoms with van der Waals surface area (Å²) in [6, 6.07) is 6.81. The van der Waals surface area contributed by atoms with Crippen molar-refractivity contribution in [2.75, 3.05) is 5.32 Å². The second kappa shape index (κ2) is 7.40. The number of aromatic amines is 2. The van der Waals surface area contributed by atoms with Crippen molar-refractivity contribution in [2.24, 2.45) is 0 Å². The van der Waals surface area contributed by atoms with Crippen molar-refractivity contribution in [3.8, 4) is 17.1 Å². The van der Waals surface area contributed by atoms with Gasteiger partial charge in [-0.2, -0.15) is 20.4 Å². The van der Waals surface area contributed by atoms with Crippen molar-refractivity contribution in [3.63, 3.8) is 0 Å². The first-order valence-electron chi connectivity index (χ1n) is 7.71. The number of H-pyrrole nitrogens is 2. The predicted octanol–water partition coefficient (Wildman–Crippen LogP) is 2.01. The molecular formula is C16H16N6O3S. The van der Waals surface area contributed by atoms with Crippen LogP contribution in [0.4, 0.5) is 5.69 Å². The van der Waals surface area contributed by atoms with Crippen molar-refractivity contribution in [1.29, 1.82) is 0 Å². The zero-order chi connectivity index (χ0) is 18.7. The Morgan fingerprint density at radius 3 is 2.58 bits per heavy atom. The minimum Gasteiger partial charge on any atom is -0.493 e. The molecule has 0 bridgehead atoms. The number of hydrogen-bond acceptors (Lipinski definition) is 7. The molecule has 0 saturated heterocycles. The molecule has 0 fully saturated rings. The number of amides is 1. The Balaban J connectivity index is 1.79. The van der Waals surface area contributed by atoms with Crippen molar-refractivity contribution in [2.45, 2.75) is 24.3 Å². The number of thioether (sulfide) groups is 1.